The Labute approximate surface area is 124 Å². The largest absolute Gasteiger partial charge is 0.493 e. The SMILES string of the molecule is COc1ccc(-c2ccc(N)c(C#N)c2)cc1OC(C)C. The van der Waals surface area contributed by atoms with E-state index in [0.717, 1.165) is 11.1 Å². The Balaban J connectivity index is 2.47. The van der Waals surface area contributed by atoms with Crippen LogP contribution in [0.25, 0.3) is 11.1 Å². The number of methoxy groups -OCH3 is 1. The van der Waals surface area contributed by atoms with Crippen LogP contribution < -0.4 is 15.2 Å². The summed E-state index contributed by atoms with van der Waals surface area (Å²) in [6.07, 6.45) is 0.0511. The van der Waals surface area contributed by atoms with Gasteiger partial charge in [-0.15, -0.1) is 0 Å². The van der Waals surface area contributed by atoms with Crippen molar-refractivity contribution in [3.8, 4) is 28.7 Å². The van der Waals surface area contributed by atoms with E-state index in [1.807, 2.05) is 38.1 Å². The third-order valence-corrected chi connectivity index (χ3v) is 3.03. The average molecular weight is 282 g/mol. The quantitative estimate of drug-likeness (QED) is 0.870. The molecule has 2 aromatic carbocycles. The minimum atomic E-state index is 0.0511. The molecule has 2 aromatic rings. The zero-order valence-corrected chi connectivity index (χ0v) is 12.4. The smallest absolute Gasteiger partial charge is 0.162 e. The van der Waals surface area contributed by atoms with Crippen LogP contribution in [0.15, 0.2) is 36.4 Å². The number of hydrogen-bond donors (Lipinski definition) is 1. The van der Waals surface area contributed by atoms with E-state index in [0.29, 0.717) is 22.7 Å². The van der Waals surface area contributed by atoms with E-state index in [9.17, 15) is 0 Å². The lowest BCUT2D eigenvalue weighted by Gasteiger charge is -2.15. The molecule has 0 fully saturated rings. The molecule has 0 aliphatic carbocycles. The molecule has 0 heterocycles. The summed E-state index contributed by atoms with van der Waals surface area (Å²) in [7, 11) is 1.61. The van der Waals surface area contributed by atoms with E-state index in [1.54, 1.807) is 19.2 Å². The lowest BCUT2D eigenvalue weighted by Crippen LogP contribution is -2.06. The third kappa shape index (κ3) is 3.26. The zero-order valence-electron chi connectivity index (χ0n) is 12.4. The van der Waals surface area contributed by atoms with Gasteiger partial charge in [0.2, 0.25) is 0 Å². The fraction of sp³-hybridized carbons (Fsp3) is 0.235. The summed E-state index contributed by atoms with van der Waals surface area (Å²) in [6.45, 7) is 3.92. The summed E-state index contributed by atoms with van der Waals surface area (Å²) >= 11 is 0. The Hall–Kier alpha value is -2.67. The maximum Gasteiger partial charge on any atom is 0.162 e. The topological polar surface area (TPSA) is 68.3 Å². The van der Waals surface area contributed by atoms with Crippen LogP contribution in [0.2, 0.25) is 0 Å². The number of benzene rings is 2. The van der Waals surface area contributed by atoms with Crippen molar-refractivity contribution >= 4 is 5.69 Å². The molecular weight excluding hydrogens is 264 g/mol. The fourth-order valence-corrected chi connectivity index (χ4v) is 2.03. The predicted molar refractivity (Wildman–Crippen MR) is 83.3 cm³/mol. The van der Waals surface area contributed by atoms with Crippen molar-refractivity contribution in [2.45, 2.75) is 20.0 Å². The highest BCUT2D eigenvalue weighted by atomic mass is 16.5. The lowest BCUT2D eigenvalue weighted by molar-refractivity contribution is 0.230. The van der Waals surface area contributed by atoms with Crippen molar-refractivity contribution in [3.05, 3.63) is 42.0 Å². The summed E-state index contributed by atoms with van der Waals surface area (Å²) in [5.41, 5.74) is 8.56. The van der Waals surface area contributed by atoms with Crippen molar-refractivity contribution in [1.82, 2.24) is 0 Å². The number of ether oxygens (including phenoxy) is 2. The molecule has 0 saturated heterocycles. The van der Waals surface area contributed by atoms with Crippen molar-refractivity contribution in [2.75, 3.05) is 12.8 Å². The van der Waals surface area contributed by atoms with Gasteiger partial charge in [-0.05, 0) is 49.2 Å². The summed E-state index contributed by atoms with van der Waals surface area (Å²) in [5.74, 6) is 1.36. The molecule has 108 valence electrons. The molecule has 4 heteroatoms. The lowest BCUT2D eigenvalue weighted by atomic mass is 10.0. The molecule has 0 aliphatic rings. The van der Waals surface area contributed by atoms with Crippen LogP contribution in [0.4, 0.5) is 5.69 Å². The van der Waals surface area contributed by atoms with Crippen molar-refractivity contribution in [1.29, 1.82) is 5.26 Å². The normalized spacial score (nSPS) is 10.2. The van der Waals surface area contributed by atoms with Gasteiger partial charge >= 0.3 is 0 Å². The second kappa shape index (κ2) is 6.19. The molecule has 21 heavy (non-hydrogen) atoms. The second-order valence-corrected chi connectivity index (χ2v) is 4.95. The second-order valence-electron chi connectivity index (χ2n) is 4.95. The van der Waals surface area contributed by atoms with Crippen LogP contribution in [-0.2, 0) is 0 Å². The molecule has 0 amide bonds. The highest BCUT2D eigenvalue weighted by Gasteiger charge is 2.10. The van der Waals surface area contributed by atoms with Crippen LogP contribution >= 0.6 is 0 Å². The van der Waals surface area contributed by atoms with Gasteiger partial charge in [0, 0.05) is 5.69 Å². The van der Waals surface area contributed by atoms with Gasteiger partial charge in [0.1, 0.15) is 6.07 Å². The number of nitriles is 1. The molecule has 0 atom stereocenters. The average Bonchev–Trinajstić information content (AvgIpc) is 2.47. The van der Waals surface area contributed by atoms with E-state index >= 15 is 0 Å². The maximum absolute atomic E-state index is 9.07. The van der Waals surface area contributed by atoms with Crippen molar-refractivity contribution < 1.29 is 9.47 Å². The molecule has 0 unspecified atom stereocenters. The van der Waals surface area contributed by atoms with Gasteiger partial charge < -0.3 is 15.2 Å². The molecule has 0 bridgehead atoms. The van der Waals surface area contributed by atoms with Crippen LogP contribution in [-0.4, -0.2) is 13.2 Å². The first-order chi connectivity index (χ1) is 10.0. The molecule has 0 spiro atoms. The molecule has 0 saturated carbocycles. The highest BCUT2D eigenvalue weighted by Crippen LogP contribution is 2.34. The van der Waals surface area contributed by atoms with Crippen LogP contribution in [0.1, 0.15) is 19.4 Å². The molecule has 0 aromatic heterocycles. The van der Waals surface area contributed by atoms with E-state index in [1.165, 1.54) is 0 Å². The molecule has 2 rings (SSSR count). The van der Waals surface area contributed by atoms with Crippen molar-refractivity contribution in [3.63, 3.8) is 0 Å². The van der Waals surface area contributed by atoms with Crippen LogP contribution in [0.3, 0.4) is 0 Å². The molecule has 0 aliphatic heterocycles. The van der Waals surface area contributed by atoms with Gasteiger partial charge in [0.25, 0.3) is 0 Å². The van der Waals surface area contributed by atoms with Gasteiger partial charge in [-0.25, -0.2) is 0 Å². The van der Waals surface area contributed by atoms with Gasteiger partial charge in [-0.3, -0.25) is 0 Å². The summed E-state index contributed by atoms with van der Waals surface area (Å²) in [5, 5.41) is 9.07. The number of nitrogen functional groups attached to an aromatic ring is 1. The maximum atomic E-state index is 9.07. The van der Waals surface area contributed by atoms with E-state index < -0.39 is 0 Å². The number of hydrogen-bond acceptors (Lipinski definition) is 4. The number of rotatable bonds is 4. The fourth-order valence-electron chi connectivity index (χ4n) is 2.03. The van der Waals surface area contributed by atoms with Gasteiger partial charge in [-0.1, -0.05) is 12.1 Å². The Morgan fingerprint density at radius 2 is 1.71 bits per heavy atom. The van der Waals surface area contributed by atoms with Crippen LogP contribution in [0.5, 0.6) is 11.5 Å². The third-order valence-electron chi connectivity index (χ3n) is 3.03. The van der Waals surface area contributed by atoms with Gasteiger partial charge in [0.15, 0.2) is 11.5 Å². The van der Waals surface area contributed by atoms with E-state index in [4.69, 9.17) is 20.5 Å². The summed E-state index contributed by atoms with van der Waals surface area (Å²) in [6, 6.07) is 13.2. The van der Waals surface area contributed by atoms with E-state index in [2.05, 4.69) is 6.07 Å². The van der Waals surface area contributed by atoms with Gasteiger partial charge in [0.05, 0.1) is 18.8 Å². The molecule has 2 N–H and O–H groups in total. The Bertz CT molecular complexity index is 688. The Kier molecular flexibility index (Phi) is 4.34. The molecule has 4 nitrogen and oxygen atoms in total. The number of nitrogens with zero attached hydrogens (tertiary/aromatic N) is 1. The summed E-state index contributed by atoms with van der Waals surface area (Å²) in [4.78, 5) is 0. The number of anilines is 1. The first-order valence-corrected chi connectivity index (χ1v) is 6.70. The molecule has 0 radical (unpaired) electrons. The first-order valence-electron chi connectivity index (χ1n) is 6.70. The predicted octanol–water partition coefficient (Wildman–Crippen LogP) is 3.60. The standard InChI is InChI=1S/C17H18N2O2/c1-11(2)21-17-9-13(5-7-16(17)20-3)12-4-6-15(19)14(8-12)10-18/h4-9,11H,19H2,1-3H3. The highest BCUT2D eigenvalue weighted by molar-refractivity contribution is 5.72. The Morgan fingerprint density at radius 3 is 2.33 bits per heavy atom. The number of nitrogens with two attached hydrogens (primary N) is 1. The molecular formula is C17H18N2O2. The minimum Gasteiger partial charge on any atom is -0.493 e. The zero-order chi connectivity index (χ0) is 15.4. The Morgan fingerprint density at radius 1 is 1.05 bits per heavy atom. The minimum absolute atomic E-state index is 0.0511. The van der Waals surface area contributed by atoms with Crippen molar-refractivity contribution in [2.24, 2.45) is 0 Å². The monoisotopic (exact) mass is 282 g/mol. The van der Waals surface area contributed by atoms with Crippen LogP contribution in [0, 0.1) is 11.3 Å². The van der Waals surface area contributed by atoms with Gasteiger partial charge in [-0.2, -0.15) is 5.26 Å². The first kappa shape index (κ1) is 14.7. The van der Waals surface area contributed by atoms with E-state index in [-0.39, 0.29) is 6.10 Å². The summed E-state index contributed by atoms with van der Waals surface area (Å²) < 4.78 is 11.1.